The molecule has 0 radical (unpaired) electrons. The second-order valence-electron chi connectivity index (χ2n) is 5.18. The highest BCUT2D eigenvalue weighted by molar-refractivity contribution is 5.75. The third kappa shape index (κ3) is 3.88. The molecule has 1 N–H and O–H groups in total. The number of nitrogens with zero attached hydrogens (tertiary/aromatic N) is 2. The van der Waals surface area contributed by atoms with Crippen LogP contribution in [0.1, 0.15) is 32.4 Å². The minimum absolute atomic E-state index is 0.113. The molecule has 18 heavy (non-hydrogen) atoms. The van der Waals surface area contributed by atoms with Crippen molar-refractivity contribution < 1.29 is 4.79 Å². The van der Waals surface area contributed by atoms with E-state index in [-0.39, 0.29) is 5.91 Å². The van der Waals surface area contributed by atoms with Gasteiger partial charge >= 0.3 is 0 Å². The maximum Gasteiger partial charge on any atom is 0.241 e. The second-order valence-corrected chi connectivity index (χ2v) is 5.18. The predicted octanol–water partition coefficient (Wildman–Crippen LogP) is 1.88. The predicted molar refractivity (Wildman–Crippen MR) is 74.4 cm³/mol. The first-order chi connectivity index (χ1) is 8.45. The van der Waals surface area contributed by atoms with Crippen LogP contribution in [-0.2, 0) is 11.3 Å². The number of likely N-dealkylation sites (N-methyl/N-ethyl adjacent to an activating group) is 1. The van der Waals surface area contributed by atoms with Gasteiger partial charge in [0.15, 0.2) is 0 Å². The van der Waals surface area contributed by atoms with Gasteiger partial charge in [0.25, 0.3) is 0 Å². The smallest absolute Gasteiger partial charge is 0.241 e. The van der Waals surface area contributed by atoms with Crippen molar-refractivity contribution in [1.29, 1.82) is 0 Å². The number of nitrogens with one attached hydrogen (secondary N) is 1. The third-order valence-corrected chi connectivity index (χ3v) is 3.04. The molecule has 1 aromatic heterocycles. The van der Waals surface area contributed by atoms with Gasteiger partial charge in [-0.05, 0) is 24.1 Å². The maximum atomic E-state index is 11.6. The number of rotatable bonds is 6. The average Bonchev–Trinajstić information content (AvgIpc) is 2.73. The summed E-state index contributed by atoms with van der Waals surface area (Å²) in [5.41, 5.74) is 1.25. The van der Waals surface area contributed by atoms with Crippen molar-refractivity contribution in [2.75, 3.05) is 20.6 Å². The van der Waals surface area contributed by atoms with Crippen LogP contribution in [-0.4, -0.2) is 36.0 Å². The van der Waals surface area contributed by atoms with E-state index in [9.17, 15) is 4.79 Å². The van der Waals surface area contributed by atoms with E-state index in [1.165, 1.54) is 5.56 Å². The lowest BCUT2D eigenvalue weighted by Crippen LogP contribution is -2.26. The minimum Gasteiger partial charge on any atom is -0.347 e. The summed E-state index contributed by atoms with van der Waals surface area (Å²) in [5.74, 6) is 0.645. The summed E-state index contributed by atoms with van der Waals surface area (Å²) in [5, 5.41) is 3.48. The molecular formula is C14H25N3O. The lowest BCUT2D eigenvalue weighted by atomic mass is 9.98. The zero-order valence-corrected chi connectivity index (χ0v) is 12.1. The first-order valence-electron chi connectivity index (χ1n) is 6.55. The zero-order chi connectivity index (χ0) is 13.7. The Kier molecular flexibility index (Phi) is 5.41. The van der Waals surface area contributed by atoms with E-state index in [1.54, 1.807) is 19.0 Å². The fourth-order valence-corrected chi connectivity index (χ4v) is 2.00. The second kappa shape index (κ2) is 6.59. The van der Waals surface area contributed by atoms with Gasteiger partial charge in [0.05, 0.1) is 0 Å². The summed E-state index contributed by atoms with van der Waals surface area (Å²) in [4.78, 5) is 13.3. The van der Waals surface area contributed by atoms with Crippen LogP contribution in [0.4, 0.5) is 0 Å². The van der Waals surface area contributed by atoms with Crippen molar-refractivity contribution >= 4 is 5.91 Å². The van der Waals surface area contributed by atoms with Crippen LogP contribution in [0.25, 0.3) is 0 Å². The SMILES string of the molecule is CCNC(c1ccn(CC(=O)N(C)C)c1)C(C)C. The van der Waals surface area contributed by atoms with Gasteiger partial charge in [-0.15, -0.1) is 0 Å². The van der Waals surface area contributed by atoms with E-state index >= 15 is 0 Å². The highest BCUT2D eigenvalue weighted by Crippen LogP contribution is 2.21. The van der Waals surface area contributed by atoms with Crippen LogP contribution in [0.5, 0.6) is 0 Å². The number of aromatic nitrogens is 1. The Morgan fingerprint density at radius 1 is 1.44 bits per heavy atom. The zero-order valence-electron chi connectivity index (χ0n) is 12.1. The van der Waals surface area contributed by atoms with Crippen molar-refractivity contribution in [3.05, 3.63) is 24.0 Å². The lowest BCUT2D eigenvalue weighted by Gasteiger charge is -2.20. The van der Waals surface area contributed by atoms with Crippen molar-refractivity contribution in [2.24, 2.45) is 5.92 Å². The molecule has 0 spiro atoms. The first-order valence-corrected chi connectivity index (χ1v) is 6.55. The molecule has 102 valence electrons. The topological polar surface area (TPSA) is 37.3 Å². The van der Waals surface area contributed by atoms with E-state index < -0.39 is 0 Å². The molecule has 1 unspecified atom stereocenters. The summed E-state index contributed by atoms with van der Waals surface area (Å²) >= 11 is 0. The highest BCUT2D eigenvalue weighted by Gasteiger charge is 2.16. The molecule has 0 aliphatic carbocycles. The molecule has 1 amide bonds. The van der Waals surface area contributed by atoms with Gasteiger partial charge in [0, 0.05) is 32.5 Å². The summed E-state index contributed by atoms with van der Waals surface area (Å²) in [6, 6.07) is 2.45. The van der Waals surface area contributed by atoms with E-state index in [1.807, 2.05) is 10.8 Å². The van der Waals surface area contributed by atoms with E-state index in [4.69, 9.17) is 0 Å². The Labute approximate surface area is 110 Å². The first kappa shape index (κ1) is 14.8. The summed E-state index contributed by atoms with van der Waals surface area (Å²) in [7, 11) is 3.56. The highest BCUT2D eigenvalue weighted by atomic mass is 16.2. The maximum absolute atomic E-state index is 11.6. The molecule has 0 bridgehead atoms. The fourth-order valence-electron chi connectivity index (χ4n) is 2.00. The van der Waals surface area contributed by atoms with Gasteiger partial charge in [-0.2, -0.15) is 0 Å². The van der Waals surface area contributed by atoms with Crippen molar-refractivity contribution in [1.82, 2.24) is 14.8 Å². The monoisotopic (exact) mass is 251 g/mol. The minimum atomic E-state index is 0.113. The molecule has 0 saturated carbocycles. The molecule has 1 heterocycles. The van der Waals surface area contributed by atoms with Gasteiger partial charge < -0.3 is 14.8 Å². The van der Waals surface area contributed by atoms with Gasteiger partial charge in [-0.3, -0.25) is 4.79 Å². The molecule has 1 rings (SSSR count). The number of carbonyl (C=O) groups excluding carboxylic acids is 1. The molecule has 4 nitrogen and oxygen atoms in total. The molecule has 0 aliphatic rings. The Balaban J connectivity index is 2.75. The largest absolute Gasteiger partial charge is 0.347 e. The van der Waals surface area contributed by atoms with E-state index in [2.05, 4.69) is 38.4 Å². The molecular weight excluding hydrogens is 226 g/mol. The molecule has 0 aromatic carbocycles. The van der Waals surface area contributed by atoms with Gasteiger partial charge in [-0.25, -0.2) is 0 Å². The molecule has 1 atom stereocenters. The van der Waals surface area contributed by atoms with Crippen LogP contribution in [0.3, 0.4) is 0 Å². The molecule has 0 saturated heterocycles. The fraction of sp³-hybridized carbons (Fsp3) is 0.643. The van der Waals surface area contributed by atoms with Crippen LogP contribution >= 0.6 is 0 Å². The van der Waals surface area contributed by atoms with Gasteiger partial charge in [0.2, 0.25) is 5.91 Å². The van der Waals surface area contributed by atoms with Crippen LogP contribution in [0.15, 0.2) is 18.5 Å². The van der Waals surface area contributed by atoms with Crippen molar-refractivity contribution in [3.63, 3.8) is 0 Å². The molecule has 4 heteroatoms. The molecule has 0 fully saturated rings. The van der Waals surface area contributed by atoms with Gasteiger partial charge in [-0.1, -0.05) is 20.8 Å². The van der Waals surface area contributed by atoms with E-state index in [0.29, 0.717) is 18.5 Å². The number of carbonyl (C=O) groups is 1. The van der Waals surface area contributed by atoms with Crippen LogP contribution in [0.2, 0.25) is 0 Å². The normalized spacial score (nSPS) is 12.8. The third-order valence-electron chi connectivity index (χ3n) is 3.04. The Bertz CT molecular complexity index is 382. The number of hydrogen-bond acceptors (Lipinski definition) is 2. The number of amides is 1. The lowest BCUT2D eigenvalue weighted by molar-refractivity contribution is -0.129. The van der Waals surface area contributed by atoms with Crippen molar-refractivity contribution in [3.8, 4) is 0 Å². The molecule has 0 aliphatic heterocycles. The van der Waals surface area contributed by atoms with Crippen LogP contribution in [0, 0.1) is 5.92 Å². The Morgan fingerprint density at radius 3 is 2.61 bits per heavy atom. The summed E-state index contributed by atoms with van der Waals surface area (Å²) in [6.45, 7) is 7.88. The van der Waals surface area contributed by atoms with E-state index in [0.717, 1.165) is 6.54 Å². The summed E-state index contributed by atoms with van der Waals surface area (Å²) < 4.78 is 1.95. The standard InChI is InChI=1S/C14H25N3O/c1-6-15-14(11(2)3)12-7-8-17(9-12)10-13(18)16(4)5/h7-9,11,14-15H,6,10H2,1-5H3. The van der Waals surface area contributed by atoms with Crippen molar-refractivity contribution in [2.45, 2.75) is 33.4 Å². The quantitative estimate of drug-likeness (QED) is 0.838. The van der Waals surface area contributed by atoms with Crippen LogP contribution < -0.4 is 5.32 Å². The Hall–Kier alpha value is -1.29. The summed E-state index contributed by atoms with van der Waals surface area (Å²) in [6.07, 6.45) is 4.04. The van der Waals surface area contributed by atoms with Gasteiger partial charge in [0.1, 0.15) is 6.54 Å². The molecule has 1 aromatic rings. The Morgan fingerprint density at radius 2 is 2.11 bits per heavy atom. The average molecular weight is 251 g/mol. The number of hydrogen-bond donors (Lipinski definition) is 1.